The first kappa shape index (κ1) is 13.7. The summed E-state index contributed by atoms with van der Waals surface area (Å²) in [6.45, 7) is 1.65. The monoisotopic (exact) mass is 285 g/mol. The molecule has 1 N–H and O–H groups in total. The van der Waals surface area contributed by atoms with Crippen LogP contribution in [0.2, 0.25) is 0 Å². The molecule has 7 nitrogen and oxygen atoms in total. The second kappa shape index (κ2) is 5.12. The van der Waals surface area contributed by atoms with E-state index < -0.39 is 14.8 Å². The molecule has 8 heteroatoms. The smallest absolute Gasteiger partial charge is 0.314 e. The van der Waals surface area contributed by atoms with Gasteiger partial charge in [-0.2, -0.15) is 0 Å². The predicted octanol–water partition coefficient (Wildman–Crippen LogP) is 1.29. The van der Waals surface area contributed by atoms with Crippen molar-refractivity contribution in [2.45, 2.75) is 25.8 Å². The molecular weight excluding hydrogens is 270 g/mol. The topological polar surface area (TPSA) is 102 Å². The number of sulfone groups is 1. The Bertz CT molecular complexity index is 586. The van der Waals surface area contributed by atoms with Crippen LogP contribution in [0.3, 0.4) is 0 Å². The average Bonchev–Trinajstić information content (AvgIpc) is 2.31. The molecule has 1 saturated heterocycles. The number of aromatic nitrogens is 1. The van der Waals surface area contributed by atoms with Gasteiger partial charge in [0.15, 0.2) is 0 Å². The lowest BCUT2D eigenvalue weighted by atomic mass is 10.1. The van der Waals surface area contributed by atoms with Crippen molar-refractivity contribution in [3.05, 3.63) is 27.9 Å². The molecule has 0 atom stereocenters. The summed E-state index contributed by atoms with van der Waals surface area (Å²) < 4.78 is 22.7. The molecular formula is C11H15N3O4S. The van der Waals surface area contributed by atoms with Crippen LogP contribution in [0.1, 0.15) is 18.4 Å². The van der Waals surface area contributed by atoms with Gasteiger partial charge in [-0.15, -0.1) is 0 Å². The molecule has 1 aliphatic rings. The van der Waals surface area contributed by atoms with Gasteiger partial charge in [0.05, 0.1) is 16.4 Å². The van der Waals surface area contributed by atoms with Crippen molar-refractivity contribution in [2.24, 2.45) is 0 Å². The van der Waals surface area contributed by atoms with E-state index in [1.54, 1.807) is 13.0 Å². The van der Waals surface area contributed by atoms with Crippen LogP contribution in [0.25, 0.3) is 0 Å². The van der Waals surface area contributed by atoms with Crippen molar-refractivity contribution >= 4 is 21.3 Å². The number of aryl methyl sites for hydroxylation is 1. The molecule has 0 saturated carbocycles. The van der Waals surface area contributed by atoms with Crippen LogP contribution in [-0.2, 0) is 9.84 Å². The molecule has 19 heavy (non-hydrogen) atoms. The van der Waals surface area contributed by atoms with E-state index >= 15 is 0 Å². The zero-order chi connectivity index (χ0) is 14.0. The molecule has 1 aromatic heterocycles. The predicted molar refractivity (Wildman–Crippen MR) is 70.9 cm³/mol. The van der Waals surface area contributed by atoms with Gasteiger partial charge in [0.2, 0.25) is 5.82 Å². The minimum atomic E-state index is -2.94. The third-order valence-electron chi connectivity index (χ3n) is 3.20. The lowest BCUT2D eigenvalue weighted by Crippen LogP contribution is -2.32. The first-order valence-corrected chi connectivity index (χ1v) is 7.78. The van der Waals surface area contributed by atoms with Crippen molar-refractivity contribution < 1.29 is 13.3 Å². The molecule has 2 heterocycles. The summed E-state index contributed by atoms with van der Waals surface area (Å²) in [6.07, 6.45) is 2.41. The summed E-state index contributed by atoms with van der Waals surface area (Å²) in [5.74, 6) is 0.448. The second-order valence-electron chi connectivity index (χ2n) is 4.65. The van der Waals surface area contributed by atoms with Gasteiger partial charge in [-0.25, -0.2) is 13.4 Å². The molecule has 1 fully saturated rings. The number of anilines is 1. The summed E-state index contributed by atoms with van der Waals surface area (Å²) in [5, 5.41) is 14.0. The van der Waals surface area contributed by atoms with Gasteiger partial charge < -0.3 is 5.32 Å². The molecule has 104 valence electrons. The fourth-order valence-corrected chi connectivity index (χ4v) is 3.61. The molecule has 0 amide bonds. The van der Waals surface area contributed by atoms with Crippen molar-refractivity contribution in [3.8, 4) is 0 Å². The van der Waals surface area contributed by atoms with Crippen LogP contribution in [-0.4, -0.2) is 35.9 Å². The fourth-order valence-electron chi connectivity index (χ4n) is 2.11. The SMILES string of the molecule is Cc1ccnc(NC2CCS(=O)(=O)CC2)c1[N+](=O)[O-]. The number of hydrogen-bond acceptors (Lipinski definition) is 6. The van der Waals surface area contributed by atoms with Crippen LogP contribution in [0, 0.1) is 17.0 Å². The number of nitrogens with one attached hydrogen (secondary N) is 1. The van der Waals surface area contributed by atoms with E-state index in [2.05, 4.69) is 10.3 Å². The maximum absolute atomic E-state index is 11.3. The Hall–Kier alpha value is -1.70. The van der Waals surface area contributed by atoms with Crippen molar-refractivity contribution in [1.29, 1.82) is 0 Å². The minimum absolute atomic E-state index is 0.0454. The Balaban J connectivity index is 2.16. The van der Waals surface area contributed by atoms with Crippen LogP contribution in [0.5, 0.6) is 0 Å². The van der Waals surface area contributed by atoms with Gasteiger partial charge in [-0.05, 0) is 25.8 Å². The van der Waals surface area contributed by atoms with Gasteiger partial charge >= 0.3 is 5.69 Å². The van der Waals surface area contributed by atoms with Crippen LogP contribution >= 0.6 is 0 Å². The summed E-state index contributed by atoms with van der Waals surface area (Å²) in [4.78, 5) is 14.5. The third kappa shape index (κ3) is 3.19. The number of pyridine rings is 1. The molecule has 0 bridgehead atoms. The Kier molecular flexibility index (Phi) is 3.70. The fraction of sp³-hybridized carbons (Fsp3) is 0.545. The van der Waals surface area contributed by atoms with E-state index in [-0.39, 0.29) is 29.1 Å². The Morgan fingerprint density at radius 2 is 2.05 bits per heavy atom. The maximum atomic E-state index is 11.3. The largest absolute Gasteiger partial charge is 0.362 e. The number of rotatable bonds is 3. The van der Waals surface area contributed by atoms with E-state index in [0.29, 0.717) is 18.4 Å². The quantitative estimate of drug-likeness (QED) is 0.663. The highest BCUT2D eigenvalue weighted by Crippen LogP contribution is 2.27. The normalized spacial score (nSPS) is 19.0. The summed E-state index contributed by atoms with van der Waals surface area (Å²) in [6, 6.07) is 1.49. The van der Waals surface area contributed by atoms with Gasteiger partial charge in [-0.1, -0.05) is 0 Å². The summed E-state index contributed by atoms with van der Waals surface area (Å²) in [5.41, 5.74) is 0.488. The van der Waals surface area contributed by atoms with Crippen molar-refractivity contribution in [1.82, 2.24) is 4.98 Å². The zero-order valence-corrected chi connectivity index (χ0v) is 11.3. The van der Waals surface area contributed by atoms with Gasteiger partial charge in [0.25, 0.3) is 0 Å². The van der Waals surface area contributed by atoms with Gasteiger partial charge in [-0.3, -0.25) is 10.1 Å². The standard InChI is InChI=1S/C11H15N3O4S/c1-8-2-5-12-11(10(8)14(15)16)13-9-3-6-19(17,18)7-4-9/h2,5,9H,3-4,6-7H2,1H3,(H,12,13). The van der Waals surface area contributed by atoms with Crippen LogP contribution < -0.4 is 5.32 Å². The average molecular weight is 285 g/mol. The van der Waals surface area contributed by atoms with E-state index in [1.807, 2.05) is 0 Å². The highest BCUT2D eigenvalue weighted by Gasteiger charge is 2.26. The summed E-state index contributed by atoms with van der Waals surface area (Å²) >= 11 is 0. The molecule has 0 aliphatic carbocycles. The molecule has 1 aromatic rings. The zero-order valence-electron chi connectivity index (χ0n) is 10.5. The molecule has 2 rings (SSSR count). The molecule has 1 aliphatic heterocycles. The van der Waals surface area contributed by atoms with Gasteiger partial charge in [0, 0.05) is 17.8 Å². The third-order valence-corrected chi connectivity index (χ3v) is 4.92. The Labute approximate surface area is 111 Å². The minimum Gasteiger partial charge on any atom is -0.362 e. The molecule has 0 aromatic carbocycles. The first-order valence-electron chi connectivity index (χ1n) is 5.96. The van der Waals surface area contributed by atoms with Crippen molar-refractivity contribution in [3.63, 3.8) is 0 Å². The lowest BCUT2D eigenvalue weighted by molar-refractivity contribution is -0.384. The van der Waals surface area contributed by atoms with Crippen molar-refractivity contribution in [2.75, 3.05) is 16.8 Å². The van der Waals surface area contributed by atoms with Gasteiger partial charge in [0.1, 0.15) is 9.84 Å². The van der Waals surface area contributed by atoms with E-state index in [1.165, 1.54) is 6.20 Å². The molecule has 0 radical (unpaired) electrons. The second-order valence-corrected chi connectivity index (χ2v) is 6.96. The Morgan fingerprint density at radius 1 is 1.42 bits per heavy atom. The van der Waals surface area contributed by atoms with E-state index in [0.717, 1.165) is 0 Å². The lowest BCUT2D eigenvalue weighted by Gasteiger charge is -2.23. The molecule has 0 spiro atoms. The van der Waals surface area contributed by atoms with E-state index in [4.69, 9.17) is 0 Å². The Morgan fingerprint density at radius 3 is 2.63 bits per heavy atom. The highest BCUT2D eigenvalue weighted by atomic mass is 32.2. The number of hydrogen-bond donors (Lipinski definition) is 1. The number of nitro groups is 1. The van der Waals surface area contributed by atoms with Crippen LogP contribution in [0.4, 0.5) is 11.5 Å². The first-order chi connectivity index (χ1) is 8.89. The number of nitrogens with zero attached hydrogens (tertiary/aromatic N) is 2. The van der Waals surface area contributed by atoms with Crippen LogP contribution in [0.15, 0.2) is 12.3 Å². The maximum Gasteiger partial charge on any atom is 0.314 e. The highest BCUT2D eigenvalue weighted by molar-refractivity contribution is 7.91. The van der Waals surface area contributed by atoms with E-state index in [9.17, 15) is 18.5 Å². The molecule has 0 unspecified atom stereocenters. The summed E-state index contributed by atoms with van der Waals surface area (Å²) in [7, 11) is -2.94.